The maximum absolute atomic E-state index is 12.9. The Morgan fingerprint density at radius 2 is 1.96 bits per heavy atom. The number of halogens is 1. The van der Waals surface area contributed by atoms with Crippen LogP contribution in [-0.4, -0.2) is 37.4 Å². The number of nitrogens with two attached hydrogens (primary N) is 1. The quantitative estimate of drug-likeness (QED) is 0.463. The summed E-state index contributed by atoms with van der Waals surface area (Å²) in [6, 6.07) is 6.03. The molecular formula is C14H21BFN5O2. The van der Waals surface area contributed by atoms with Crippen molar-refractivity contribution in [1.82, 2.24) is 20.2 Å². The Morgan fingerprint density at radius 1 is 1.22 bits per heavy atom. The van der Waals surface area contributed by atoms with E-state index in [1.165, 1.54) is 12.1 Å². The van der Waals surface area contributed by atoms with Crippen LogP contribution in [0.3, 0.4) is 0 Å². The van der Waals surface area contributed by atoms with Crippen molar-refractivity contribution >= 4 is 7.12 Å². The minimum atomic E-state index is -1.27. The van der Waals surface area contributed by atoms with Crippen LogP contribution in [0.15, 0.2) is 24.3 Å². The summed E-state index contributed by atoms with van der Waals surface area (Å²) in [4.78, 5) is 0. The van der Waals surface area contributed by atoms with Crippen LogP contribution in [0.2, 0.25) is 6.32 Å². The van der Waals surface area contributed by atoms with Gasteiger partial charge in [-0.15, -0.1) is 5.10 Å². The van der Waals surface area contributed by atoms with Gasteiger partial charge in [0.25, 0.3) is 0 Å². The van der Waals surface area contributed by atoms with Crippen molar-refractivity contribution in [3.05, 3.63) is 41.5 Å². The molecule has 0 spiro atoms. The molecule has 2 rings (SSSR count). The first kappa shape index (κ1) is 17.5. The van der Waals surface area contributed by atoms with Gasteiger partial charge in [-0.05, 0) is 47.3 Å². The van der Waals surface area contributed by atoms with E-state index in [4.69, 9.17) is 15.8 Å². The highest BCUT2D eigenvalue weighted by Gasteiger charge is 2.15. The van der Waals surface area contributed by atoms with E-state index in [9.17, 15) is 4.39 Å². The van der Waals surface area contributed by atoms with E-state index in [2.05, 4.69) is 15.5 Å². The summed E-state index contributed by atoms with van der Waals surface area (Å²) in [6.07, 6.45) is 3.14. The van der Waals surface area contributed by atoms with Crippen molar-refractivity contribution in [3.63, 3.8) is 0 Å². The van der Waals surface area contributed by atoms with Gasteiger partial charge < -0.3 is 15.8 Å². The third-order valence-corrected chi connectivity index (χ3v) is 3.64. The van der Waals surface area contributed by atoms with Gasteiger partial charge in [-0.2, -0.15) is 0 Å². The van der Waals surface area contributed by atoms with E-state index in [0.717, 1.165) is 12.0 Å². The predicted octanol–water partition coefficient (Wildman–Crippen LogP) is 0.698. The summed E-state index contributed by atoms with van der Waals surface area (Å²) in [6.45, 7) is 0.566. The van der Waals surface area contributed by atoms with E-state index < -0.39 is 7.12 Å². The molecule has 1 unspecified atom stereocenters. The number of hydrogen-bond donors (Lipinski definition) is 3. The lowest BCUT2D eigenvalue weighted by molar-refractivity contribution is 0.400. The molecule has 1 atom stereocenters. The molecule has 0 aliphatic carbocycles. The fourth-order valence-electron chi connectivity index (χ4n) is 2.34. The summed E-state index contributed by atoms with van der Waals surface area (Å²) in [7, 11) is -1.27. The Kier molecular flexibility index (Phi) is 6.63. The summed E-state index contributed by atoms with van der Waals surface area (Å²) in [5.74, 6) is 0.350. The van der Waals surface area contributed by atoms with Crippen LogP contribution in [0.1, 0.15) is 36.7 Å². The number of nitrogens with zero attached hydrogens (tertiary/aromatic N) is 4. The first-order valence-electron chi connectivity index (χ1n) is 7.68. The Balaban J connectivity index is 1.84. The lowest BCUT2D eigenvalue weighted by atomic mass is 9.83. The first-order chi connectivity index (χ1) is 11.1. The van der Waals surface area contributed by atoms with Gasteiger partial charge in [-0.3, -0.25) is 0 Å². The molecule has 0 fully saturated rings. The van der Waals surface area contributed by atoms with Gasteiger partial charge in [0.15, 0.2) is 5.82 Å². The molecule has 0 radical (unpaired) electrons. The highest BCUT2D eigenvalue weighted by molar-refractivity contribution is 6.40. The van der Waals surface area contributed by atoms with Crippen LogP contribution >= 0.6 is 0 Å². The summed E-state index contributed by atoms with van der Waals surface area (Å²) in [5.41, 5.74) is 7.11. The van der Waals surface area contributed by atoms with Crippen molar-refractivity contribution in [2.24, 2.45) is 5.73 Å². The highest BCUT2D eigenvalue weighted by atomic mass is 19.1. The summed E-state index contributed by atoms with van der Waals surface area (Å²) in [5, 5.41) is 29.2. The standard InChI is InChI=1S/C14H21BFN5O2/c16-12-6-4-11(5-7-12)8-10-21-14(18-19-20-21)13(17)3-1-2-9-15(22)23/h4-7,13,22-23H,1-3,8-10,17H2. The third-order valence-electron chi connectivity index (χ3n) is 3.64. The fourth-order valence-corrected chi connectivity index (χ4v) is 2.34. The van der Waals surface area contributed by atoms with Crippen LogP contribution in [0.4, 0.5) is 4.39 Å². The normalized spacial score (nSPS) is 12.3. The zero-order valence-electron chi connectivity index (χ0n) is 12.8. The zero-order chi connectivity index (χ0) is 16.7. The maximum Gasteiger partial charge on any atom is 0.451 e. The Hall–Kier alpha value is -1.84. The number of benzene rings is 1. The van der Waals surface area contributed by atoms with Crippen LogP contribution < -0.4 is 5.73 Å². The largest absolute Gasteiger partial charge is 0.451 e. The van der Waals surface area contributed by atoms with Crippen molar-refractivity contribution in [3.8, 4) is 0 Å². The SMILES string of the molecule is NC(CCCCB(O)O)c1nnnn1CCc1ccc(F)cc1. The summed E-state index contributed by atoms with van der Waals surface area (Å²) < 4.78 is 14.5. The molecule has 1 aromatic carbocycles. The molecule has 2 aromatic rings. The van der Waals surface area contributed by atoms with E-state index in [1.807, 2.05) is 0 Å². The number of hydrogen-bond acceptors (Lipinski definition) is 6. The number of aromatic nitrogens is 4. The van der Waals surface area contributed by atoms with Gasteiger partial charge in [0.2, 0.25) is 0 Å². The van der Waals surface area contributed by atoms with Crippen molar-refractivity contribution in [1.29, 1.82) is 0 Å². The number of unbranched alkanes of at least 4 members (excludes halogenated alkanes) is 1. The molecule has 4 N–H and O–H groups in total. The van der Waals surface area contributed by atoms with Gasteiger partial charge in [0.05, 0.1) is 6.04 Å². The number of aryl methyl sites for hydroxylation is 2. The lowest BCUT2D eigenvalue weighted by Crippen LogP contribution is -2.18. The molecule has 0 bridgehead atoms. The predicted molar refractivity (Wildman–Crippen MR) is 83.7 cm³/mol. The molecule has 0 aliphatic rings. The molecule has 0 saturated carbocycles. The second-order valence-electron chi connectivity index (χ2n) is 5.51. The van der Waals surface area contributed by atoms with Gasteiger partial charge in [-0.25, -0.2) is 9.07 Å². The Morgan fingerprint density at radius 3 is 2.65 bits per heavy atom. The minimum Gasteiger partial charge on any atom is -0.427 e. The monoisotopic (exact) mass is 321 g/mol. The van der Waals surface area contributed by atoms with Gasteiger partial charge in [0.1, 0.15) is 5.82 Å². The molecule has 0 aliphatic heterocycles. The lowest BCUT2D eigenvalue weighted by Gasteiger charge is -2.11. The molecule has 1 aromatic heterocycles. The zero-order valence-corrected chi connectivity index (χ0v) is 12.8. The van der Waals surface area contributed by atoms with Gasteiger partial charge in [-0.1, -0.05) is 25.0 Å². The van der Waals surface area contributed by atoms with Crippen molar-refractivity contribution < 1.29 is 14.4 Å². The van der Waals surface area contributed by atoms with Gasteiger partial charge in [0, 0.05) is 6.54 Å². The molecule has 1 heterocycles. The third kappa shape index (κ3) is 5.70. The van der Waals surface area contributed by atoms with Crippen LogP contribution in [0.5, 0.6) is 0 Å². The first-order valence-corrected chi connectivity index (χ1v) is 7.68. The smallest absolute Gasteiger partial charge is 0.427 e. The van der Waals surface area contributed by atoms with Crippen molar-refractivity contribution in [2.75, 3.05) is 0 Å². The number of rotatable bonds is 9. The van der Waals surface area contributed by atoms with E-state index in [0.29, 0.717) is 38.0 Å². The molecular weight excluding hydrogens is 300 g/mol. The average molecular weight is 321 g/mol. The second kappa shape index (κ2) is 8.71. The highest BCUT2D eigenvalue weighted by Crippen LogP contribution is 2.15. The molecule has 9 heteroatoms. The molecule has 7 nitrogen and oxygen atoms in total. The topological polar surface area (TPSA) is 110 Å². The summed E-state index contributed by atoms with van der Waals surface area (Å²) >= 11 is 0. The van der Waals surface area contributed by atoms with Crippen molar-refractivity contribution in [2.45, 2.75) is 44.6 Å². The molecule has 0 saturated heterocycles. The maximum atomic E-state index is 12.9. The fraction of sp³-hybridized carbons (Fsp3) is 0.500. The average Bonchev–Trinajstić information content (AvgIpc) is 2.99. The number of tetrazole rings is 1. The van der Waals surface area contributed by atoms with Crippen LogP contribution in [0.25, 0.3) is 0 Å². The molecule has 124 valence electrons. The molecule has 23 heavy (non-hydrogen) atoms. The van der Waals surface area contributed by atoms with E-state index in [-0.39, 0.29) is 11.9 Å². The van der Waals surface area contributed by atoms with E-state index in [1.54, 1.807) is 16.8 Å². The van der Waals surface area contributed by atoms with Crippen LogP contribution in [-0.2, 0) is 13.0 Å². The van der Waals surface area contributed by atoms with Crippen LogP contribution in [0, 0.1) is 5.82 Å². The molecule has 0 amide bonds. The Bertz CT molecular complexity index is 593. The second-order valence-corrected chi connectivity index (χ2v) is 5.51. The van der Waals surface area contributed by atoms with E-state index >= 15 is 0 Å². The Labute approximate surface area is 134 Å². The minimum absolute atomic E-state index is 0.258. The van der Waals surface area contributed by atoms with Gasteiger partial charge >= 0.3 is 7.12 Å².